The van der Waals surface area contributed by atoms with E-state index in [2.05, 4.69) is 15.0 Å². The number of nitrogen functional groups attached to an aromatic ring is 1. The van der Waals surface area contributed by atoms with Crippen molar-refractivity contribution in [2.24, 2.45) is 0 Å². The highest BCUT2D eigenvalue weighted by Crippen LogP contribution is 2.25. The van der Waals surface area contributed by atoms with E-state index in [1.165, 1.54) is 6.92 Å². The van der Waals surface area contributed by atoms with Crippen LogP contribution in [0.3, 0.4) is 0 Å². The van der Waals surface area contributed by atoms with E-state index < -0.39 is 0 Å². The third-order valence-electron chi connectivity index (χ3n) is 3.73. The van der Waals surface area contributed by atoms with Crippen LogP contribution in [0.2, 0.25) is 0 Å². The van der Waals surface area contributed by atoms with Gasteiger partial charge in [-0.25, -0.2) is 4.98 Å². The number of nitrogens with two attached hydrogens (primary N) is 1. The van der Waals surface area contributed by atoms with E-state index in [0.29, 0.717) is 36.0 Å². The average molecular weight is 355 g/mol. The van der Waals surface area contributed by atoms with Crippen LogP contribution in [0.15, 0.2) is 30.3 Å². The van der Waals surface area contributed by atoms with Crippen molar-refractivity contribution in [3.05, 3.63) is 41.7 Å². The second-order valence-corrected chi connectivity index (χ2v) is 5.79. The van der Waals surface area contributed by atoms with Crippen LogP contribution in [-0.2, 0) is 29.3 Å². The van der Waals surface area contributed by atoms with Gasteiger partial charge < -0.3 is 19.8 Å². The first-order chi connectivity index (χ1) is 12.6. The number of aryl methyl sites for hydroxylation is 1. The number of ether oxygens (including phenoxy) is 2. The molecule has 136 valence electrons. The third-order valence-corrected chi connectivity index (χ3v) is 3.73. The van der Waals surface area contributed by atoms with Crippen molar-refractivity contribution >= 4 is 23.1 Å². The number of carbonyl (C=O) groups excluding carboxylic acids is 1. The molecule has 0 saturated heterocycles. The fourth-order valence-corrected chi connectivity index (χ4v) is 2.60. The van der Waals surface area contributed by atoms with Crippen molar-refractivity contribution in [2.45, 2.75) is 40.0 Å². The largest absolute Gasteiger partial charge is 0.471 e. The second-order valence-electron chi connectivity index (χ2n) is 5.79. The predicted molar refractivity (Wildman–Crippen MR) is 96.3 cm³/mol. The summed E-state index contributed by atoms with van der Waals surface area (Å²) in [7, 11) is 0. The number of carbonyl (C=O) groups is 1. The molecule has 2 aromatic heterocycles. The molecule has 0 saturated carbocycles. The van der Waals surface area contributed by atoms with Gasteiger partial charge >= 0.3 is 5.97 Å². The Kier molecular flexibility index (Phi) is 5.31. The Hall–Kier alpha value is -3.16. The van der Waals surface area contributed by atoms with Crippen LogP contribution in [0.25, 0.3) is 11.2 Å². The molecule has 2 heterocycles. The van der Waals surface area contributed by atoms with Crippen molar-refractivity contribution in [2.75, 3.05) is 5.73 Å². The first kappa shape index (κ1) is 17.7. The number of hydrogen-bond donors (Lipinski definition) is 1. The maximum atomic E-state index is 11.1. The monoisotopic (exact) mass is 355 g/mol. The highest BCUT2D eigenvalue weighted by atomic mass is 16.5. The molecule has 26 heavy (non-hydrogen) atoms. The van der Waals surface area contributed by atoms with Gasteiger partial charge in [-0.3, -0.25) is 4.79 Å². The summed E-state index contributed by atoms with van der Waals surface area (Å²) in [5.74, 6) is 0.639. The highest BCUT2D eigenvalue weighted by molar-refractivity contribution is 5.78. The van der Waals surface area contributed by atoms with Crippen molar-refractivity contribution in [1.29, 1.82) is 0 Å². The molecular formula is C18H21N5O3. The molecule has 3 rings (SSSR count). The zero-order chi connectivity index (χ0) is 18.5. The molecule has 0 aliphatic rings. The Morgan fingerprint density at radius 2 is 1.92 bits per heavy atom. The Morgan fingerprint density at radius 1 is 1.15 bits per heavy atom. The SMILES string of the molecule is CCCn1c(COC(C)=O)nc2c(OCc3ccccc3)nc(N)nc21. The summed E-state index contributed by atoms with van der Waals surface area (Å²) in [5.41, 5.74) is 7.95. The van der Waals surface area contributed by atoms with Crippen molar-refractivity contribution in [3.63, 3.8) is 0 Å². The van der Waals surface area contributed by atoms with Gasteiger partial charge in [-0.1, -0.05) is 37.3 Å². The van der Waals surface area contributed by atoms with E-state index in [4.69, 9.17) is 15.2 Å². The van der Waals surface area contributed by atoms with Gasteiger partial charge in [0.1, 0.15) is 19.0 Å². The van der Waals surface area contributed by atoms with Gasteiger partial charge in [0.15, 0.2) is 11.2 Å². The average Bonchev–Trinajstić information content (AvgIpc) is 2.97. The fourth-order valence-electron chi connectivity index (χ4n) is 2.60. The quantitative estimate of drug-likeness (QED) is 0.649. The summed E-state index contributed by atoms with van der Waals surface area (Å²) < 4.78 is 12.8. The predicted octanol–water partition coefficient (Wildman–Crippen LogP) is 2.46. The number of rotatable bonds is 7. The van der Waals surface area contributed by atoms with E-state index >= 15 is 0 Å². The molecule has 0 fully saturated rings. The minimum atomic E-state index is -0.369. The highest BCUT2D eigenvalue weighted by Gasteiger charge is 2.18. The summed E-state index contributed by atoms with van der Waals surface area (Å²) >= 11 is 0. The topological polar surface area (TPSA) is 105 Å². The number of esters is 1. The Labute approximate surface area is 151 Å². The third kappa shape index (κ3) is 3.90. The maximum Gasteiger partial charge on any atom is 0.303 e. The molecule has 0 radical (unpaired) electrons. The summed E-state index contributed by atoms with van der Waals surface area (Å²) in [6.07, 6.45) is 0.864. The number of benzene rings is 1. The van der Waals surface area contributed by atoms with Crippen LogP contribution in [0.5, 0.6) is 5.88 Å². The van der Waals surface area contributed by atoms with Gasteiger partial charge in [0.2, 0.25) is 11.8 Å². The molecule has 3 aromatic rings. The molecule has 0 aliphatic heterocycles. The van der Waals surface area contributed by atoms with E-state index in [1.807, 2.05) is 41.8 Å². The van der Waals surface area contributed by atoms with E-state index in [0.717, 1.165) is 12.0 Å². The van der Waals surface area contributed by atoms with Gasteiger partial charge in [0.05, 0.1) is 0 Å². The zero-order valence-electron chi connectivity index (χ0n) is 14.8. The van der Waals surface area contributed by atoms with Crippen LogP contribution in [-0.4, -0.2) is 25.5 Å². The Bertz CT molecular complexity index is 908. The van der Waals surface area contributed by atoms with Crippen molar-refractivity contribution in [1.82, 2.24) is 19.5 Å². The standard InChI is InChI=1S/C18H21N5O3/c1-3-9-23-14(11-25-12(2)24)20-15-16(23)21-18(19)22-17(15)26-10-13-7-5-4-6-8-13/h4-8H,3,9-11H2,1-2H3,(H2,19,21,22). The van der Waals surface area contributed by atoms with Crippen LogP contribution in [0.4, 0.5) is 5.95 Å². The zero-order valence-corrected chi connectivity index (χ0v) is 14.8. The lowest BCUT2D eigenvalue weighted by Crippen LogP contribution is -2.08. The molecule has 8 nitrogen and oxygen atoms in total. The molecular weight excluding hydrogens is 334 g/mol. The van der Waals surface area contributed by atoms with E-state index in [9.17, 15) is 4.79 Å². The number of aromatic nitrogens is 4. The minimum Gasteiger partial charge on any atom is -0.471 e. The first-order valence-corrected chi connectivity index (χ1v) is 8.41. The first-order valence-electron chi connectivity index (χ1n) is 8.41. The molecule has 0 atom stereocenters. The molecule has 8 heteroatoms. The smallest absolute Gasteiger partial charge is 0.303 e. The number of hydrogen-bond acceptors (Lipinski definition) is 7. The molecule has 0 aliphatic carbocycles. The molecule has 0 unspecified atom stereocenters. The van der Waals surface area contributed by atoms with E-state index in [1.54, 1.807) is 0 Å². The van der Waals surface area contributed by atoms with Gasteiger partial charge in [-0.15, -0.1) is 0 Å². The molecule has 0 bridgehead atoms. The molecule has 0 spiro atoms. The van der Waals surface area contributed by atoms with Gasteiger partial charge in [-0.2, -0.15) is 9.97 Å². The summed E-state index contributed by atoms with van der Waals surface area (Å²) in [5, 5.41) is 0. The summed E-state index contributed by atoms with van der Waals surface area (Å²) in [6, 6.07) is 9.75. The number of fused-ring (bicyclic) bond motifs is 1. The van der Waals surface area contributed by atoms with Crippen LogP contribution in [0.1, 0.15) is 31.7 Å². The van der Waals surface area contributed by atoms with Crippen molar-refractivity contribution in [3.8, 4) is 5.88 Å². The molecule has 2 N–H and O–H groups in total. The summed E-state index contributed by atoms with van der Waals surface area (Å²) in [6.45, 7) is 4.47. The van der Waals surface area contributed by atoms with Crippen LogP contribution >= 0.6 is 0 Å². The number of anilines is 1. The molecule has 0 amide bonds. The second kappa shape index (κ2) is 7.81. The lowest BCUT2D eigenvalue weighted by atomic mass is 10.2. The lowest BCUT2D eigenvalue weighted by Gasteiger charge is -2.08. The van der Waals surface area contributed by atoms with E-state index in [-0.39, 0.29) is 18.5 Å². The summed E-state index contributed by atoms with van der Waals surface area (Å²) in [4.78, 5) is 24.2. The number of imidazole rings is 1. The van der Waals surface area contributed by atoms with Gasteiger partial charge in [0.25, 0.3) is 0 Å². The minimum absolute atomic E-state index is 0.0592. The lowest BCUT2D eigenvalue weighted by molar-refractivity contribution is -0.142. The Balaban J connectivity index is 1.97. The van der Waals surface area contributed by atoms with Crippen LogP contribution < -0.4 is 10.5 Å². The van der Waals surface area contributed by atoms with Gasteiger partial charge in [0, 0.05) is 13.5 Å². The fraction of sp³-hybridized carbons (Fsp3) is 0.333. The van der Waals surface area contributed by atoms with Gasteiger partial charge in [-0.05, 0) is 12.0 Å². The maximum absolute atomic E-state index is 11.1. The number of nitrogens with zero attached hydrogens (tertiary/aromatic N) is 4. The normalized spacial score (nSPS) is 10.8. The molecule has 1 aromatic carbocycles. The van der Waals surface area contributed by atoms with Crippen molar-refractivity contribution < 1.29 is 14.3 Å². The van der Waals surface area contributed by atoms with Crippen LogP contribution in [0, 0.1) is 0 Å². The Morgan fingerprint density at radius 3 is 2.62 bits per heavy atom.